The van der Waals surface area contributed by atoms with Gasteiger partial charge >= 0.3 is 0 Å². The molecule has 0 fully saturated rings. The third-order valence-corrected chi connectivity index (χ3v) is 4.68. The van der Waals surface area contributed by atoms with Crippen molar-refractivity contribution in [3.8, 4) is 11.5 Å². The molecule has 154 valence electrons. The molecular formula is C21H20N4O5. The highest BCUT2D eigenvalue weighted by atomic mass is 16.6. The van der Waals surface area contributed by atoms with Crippen molar-refractivity contribution >= 4 is 28.3 Å². The monoisotopic (exact) mass is 408 g/mol. The number of anilines is 1. The molecule has 1 atom stereocenters. The molecular weight excluding hydrogens is 388 g/mol. The number of nitrogens with one attached hydrogen (secondary N) is 3. The standard InChI is InChI=1S/C21H20N4O5/c1-12(20(27)23-13-6-7-17-18(10-13)30-9-8-29-17)22-19(26)11-16-14-4-2-3-5-15(14)21(28)25-24-16/h2-7,10,12H,8-9,11H2,1H3,(H,22,26)(H,23,27)(H,25,28)/t12-/m0/s1. The predicted octanol–water partition coefficient (Wildman–Crippen LogP) is 1.38. The first-order valence-corrected chi connectivity index (χ1v) is 9.47. The molecule has 2 heterocycles. The van der Waals surface area contributed by atoms with E-state index >= 15 is 0 Å². The van der Waals surface area contributed by atoms with E-state index in [0.29, 0.717) is 46.9 Å². The molecule has 1 aliphatic heterocycles. The number of benzene rings is 2. The SMILES string of the molecule is C[C@H](NC(=O)Cc1n[nH]c(=O)c2ccccc12)C(=O)Nc1ccc2c(c1)OCCO2. The maximum atomic E-state index is 12.5. The van der Waals surface area contributed by atoms with E-state index in [9.17, 15) is 14.4 Å². The maximum absolute atomic E-state index is 12.5. The van der Waals surface area contributed by atoms with Crippen molar-refractivity contribution in [3.05, 3.63) is 58.5 Å². The van der Waals surface area contributed by atoms with E-state index in [2.05, 4.69) is 20.8 Å². The number of ether oxygens (including phenoxy) is 2. The lowest BCUT2D eigenvalue weighted by atomic mass is 10.1. The Kier molecular flexibility index (Phi) is 5.34. The number of aromatic amines is 1. The summed E-state index contributed by atoms with van der Waals surface area (Å²) < 4.78 is 11.0. The van der Waals surface area contributed by atoms with Gasteiger partial charge < -0.3 is 20.1 Å². The molecule has 3 aromatic rings. The zero-order chi connectivity index (χ0) is 21.1. The number of aromatic nitrogens is 2. The van der Waals surface area contributed by atoms with Crippen LogP contribution in [0, 0.1) is 0 Å². The minimum atomic E-state index is -0.778. The Morgan fingerprint density at radius 2 is 1.83 bits per heavy atom. The Balaban J connectivity index is 1.39. The molecule has 9 heteroatoms. The number of fused-ring (bicyclic) bond motifs is 2. The van der Waals surface area contributed by atoms with Crippen LogP contribution in [0.15, 0.2) is 47.3 Å². The molecule has 0 aliphatic carbocycles. The van der Waals surface area contributed by atoms with Crippen LogP contribution in [0.5, 0.6) is 11.5 Å². The Morgan fingerprint density at radius 3 is 2.63 bits per heavy atom. The molecule has 1 aromatic heterocycles. The van der Waals surface area contributed by atoms with Gasteiger partial charge in [-0.25, -0.2) is 5.10 Å². The number of amides is 2. The molecule has 3 N–H and O–H groups in total. The quantitative estimate of drug-likeness (QED) is 0.586. The molecule has 2 aromatic carbocycles. The molecule has 0 spiro atoms. The van der Waals surface area contributed by atoms with E-state index in [1.807, 2.05) is 0 Å². The van der Waals surface area contributed by atoms with E-state index < -0.39 is 6.04 Å². The van der Waals surface area contributed by atoms with Gasteiger partial charge in [0.1, 0.15) is 19.3 Å². The van der Waals surface area contributed by atoms with E-state index in [1.165, 1.54) is 0 Å². The molecule has 30 heavy (non-hydrogen) atoms. The van der Waals surface area contributed by atoms with E-state index in [-0.39, 0.29) is 23.8 Å². The Labute approximate surface area is 171 Å². The zero-order valence-corrected chi connectivity index (χ0v) is 16.2. The van der Waals surface area contributed by atoms with Crippen molar-refractivity contribution in [1.82, 2.24) is 15.5 Å². The summed E-state index contributed by atoms with van der Waals surface area (Å²) in [6.45, 7) is 2.52. The maximum Gasteiger partial charge on any atom is 0.272 e. The fourth-order valence-electron chi connectivity index (χ4n) is 3.19. The Bertz CT molecular complexity index is 1170. The summed E-state index contributed by atoms with van der Waals surface area (Å²) in [4.78, 5) is 36.8. The number of hydrogen-bond donors (Lipinski definition) is 3. The van der Waals surface area contributed by atoms with Crippen LogP contribution in [0.2, 0.25) is 0 Å². The zero-order valence-electron chi connectivity index (χ0n) is 16.2. The highest BCUT2D eigenvalue weighted by molar-refractivity contribution is 5.97. The summed E-state index contributed by atoms with van der Waals surface area (Å²) in [5, 5.41) is 12.8. The van der Waals surface area contributed by atoms with Gasteiger partial charge in [0.05, 0.1) is 17.5 Å². The van der Waals surface area contributed by atoms with E-state index in [4.69, 9.17) is 9.47 Å². The number of H-pyrrole nitrogens is 1. The minimum Gasteiger partial charge on any atom is -0.486 e. The second-order valence-electron chi connectivity index (χ2n) is 6.86. The van der Waals surface area contributed by atoms with Crippen molar-refractivity contribution in [2.24, 2.45) is 0 Å². The van der Waals surface area contributed by atoms with Crippen LogP contribution >= 0.6 is 0 Å². The Hall–Kier alpha value is -3.88. The second kappa shape index (κ2) is 8.24. The molecule has 0 radical (unpaired) electrons. The van der Waals surface area contributed by atoms with Gasteiger partial charge in [-0.15, -0.1) is 0 Å². The average molecular weight is 408 g/mol. The number of nitrogens with zero attached hydrogens (tertiary/aromatic N) is 1. The van der Waals surface area contributed by atoms with Crippen LogP contribution in [0.25, 0.3) is 10.8 Å². The summed E-state index contributed by atoms with van der Waals surface area (Å²) in [6, 6.07) is 11.2. The van der Waals surface area contributed by atoms with Crippen molar-refractivity contribution in [2.75, 3.05) is 18.5 Å². The lowest BCUT2D eigenvalue weighted by Gasteiger charge is -2.19. The van der Waals surface area contributed by atoms with Gasteiger partial charge in [-0.05, 0) is 25.1 Å². The molecule has 4 rings (SSSR count). The third-order valence-electron chi connectivity index (χ3n) is 4.68. The second-order valence-corrected chi connectivity index (χ2v) is 6.86. The van der Waals surface area contributed by atoms with E-state index in [1.54, 1.807) is 49.4 Å². The van der Waals surface area contributed by atoms with Crippen molar-refractivity contribution in [1.29, 1.82) is 0 Å². The van der Waals surface area contributed by atoms with Crippen LogP contribution in [0.1, 0.15) is 12.6 Å². The molecule has 0 unspecified atom stereocenters. The first-order valence-electron chi connectivity index (χ1n) is 9.47. The summed E-state index contributed by atoms with van der Waals surface area (Å²) >= 11 is 0. The van der Waals surface area contributed by atoms with Crippen LogP contribution in [0.4, 0.5) is 5.69 Å². The van der Waals surface area contributed by atoms with Gasteiger partial charge in [0.25, 0.3) is 5.56 Å². The molecule has 0 bridgehead atoms. The fourth-order valence-corrected chi connectivity index (χ4v) is 3.19. The lowest BCUT2D eigenvalue weighted by Crippen LogP contribution is -2.42. The van der Waals surface area contributed by atoms with Gasteiger partial charge in [-0.3, -0.25) is 14.4 Å². The average Bonchev–Trinajstić information content (AvgIpc) is 2.75. The van der Waals surface area contributed by atoms with Gasteiger partial charge in [0, 0.05) is 17.1 Å². The van der Waals surface area contributed by atoms with Crippen LogP contribution in [-0.2, 0) is 16.0 Å². The third kappa shape index (κ3) is 4.09. The summed E-state index contributed by atoms with van der Waals surface area (Å²) in [5.74, 6) is 0.428. The minimum absolute atomic E-state index is 0.0705. The van der Waals surface area contributed by atoms with Gasteiger partial charge in [-0.2, -0.15) is 5.10 Å². The van der Waals surface area contributed by atoms with Gasteiger partial charge in [0.2, 0.25) is 11.8 Å². The first kappa shape index (κ1) is 19.4. The Morgan fingerprint density at radius 1 is 1.10 bits per heavy atom. The highest BCUT2D eigenvalue weighted by Gasteiger charge is 2.19. The lowest BCUT2D eigenvalue weighted by molar-refractivity contribution is -0.125. The highest BCUT2D eigenvalue weighted by Crippen LogP contribution is 2.32. The van der Waals surface area contributed by atoms with Crippen LogP contribution in [0.3, 0.4) is 0 Å². The van der Waals surface area contributed by atoms with Gasteiger partial charge in [0.15, 0.2) is 11.5 Å². The normalized spacial score (nSPS) is 13.5. The van der Waals surface area contributed by atoms with Crippen LogP contribution < -0.4 is 25.7 Å². The molecule has 1 aliphatic rings. The summed E-state index contributed by atoms with van der Waals surface area (Å²) in [7, 11) is 0. The van der Waals surface area contributed by atoms with Crippen molar-refractivity contribution < 1.29 is 19.1 Å². The molecule has 0 saturated heterocycles. The number of carbonyl (C=O) groups excluding carboxylic acids is 2. The molecule has 2 amide bonds. The van der Waals surface area contributed by atoms with Gasteiger partial charge in [-0.1, -0.05) is 18.2 Å². The number of hydrogen-bond acceptors (Lipinski definition) is 6. The van der Waals surface area contributed by atoms with E-state index in [0.717, 1.165) is 0 Å². The number of carbonyl (C=O) groups is 2. The largest absolute Gasteiger partial charge is 0.486 e. The summed E-state index contributed by atoms with van der Waals surface area (Å²) in [5.41, 5.74) is 0.655. The topological polar surface area (TPSA) is 122 Å². The molecule has 9 nitrogen and oxygen atoms in total. The first-order chi connectivity index (χ1) is 14.5. The number of rotatable bonds is 5. The molecule has 0 saturated carbocycles. The smallest absolute Gasteiger partial charge is 0.272 e. The van der Waals surface area contributed by atoms with Crippen molar-refractivity contribution in [3.63, 3.8) is 0 Å². The fraction of sp³-hybridized carbons (Fsp3) is 0.238. The summed E-state index contributed by atoms with van der Waals surface area (Å²) in [6.07, 6.45) is -0.0705. The van der Waals surface area contributed by atoms with Crippen molar-refractivity contribution in [2.45, 2.75) is 19.4 Å². The van der Waals surface area contributed by atoms with Crippen LogP contribution in [-0.4, -0.2) is 41.3 Å². The predicted molar refractivity (Wildman–Crippen MR) is 110 cm³/mol.